The molecule has 2 heterocycles. The van der Waals surface area contributed by atoms with Crippen molar-refractivity contribution in [2.75, 3.05) is 7.05 Å². The number of rotatable bonds is 4. The van der Waals surface area contributed by atoms with E-state index in [1.807, 2.05) is 7.05 Å². The van der Waals surface area contributed by atoms with Crippen molar-refractivity contribution in [3.63, 3.8) is 0 Å². The maximum Gasteiger partial charge on any atom is 0.0893 e. The van der Waals surface area contributed by atoms with Crippen LogP contribution in [0.2, 0.25) is 0 Å². The largest absolute Gasteiger partial charge is 0.307 e. The van der Waals surface area contributed by atoms with E-state index in [0.717, 1.165) is 22.7 Å². The van der Waals surface area contributed by atoms with Crippen LogP contribution < -0.4 is 5.32 Å². The van der Waals surface area contributed by atoms with Gasteiger partial charge in [-0.2, -0.15) is 0 Å². The highest BCUT2D eigenvalue weighted by molar-refractivity contribution is 7.05. The Hall–Kier alpha value is -1.40. The lowest BCUT2D eigenvalue weighted by molar-refractivity contribution is 0.668. The molecule has 0 radical (unpaired) electrons. The SMILES string of the molecule is CCc1nnsc1C(NC)c1cnccn1. The molecule has 0 spiro atoms. The Morgan fingerprint density at radius 3 is 2.94 bits per heavy atom. The molecule has 1 unspecified atom stereocenters. The van der Waals surface area contributed by atoms with Crippen LogP contribution in [0.15, 0.2) is 18.6 Å². The molecule has 0 aliphatic heterocycles. The van der Waals surface area contributed by atoms with Gasteiger partial charge < -0.3 is 5.32 Å². The van der Waals surface area contributed by atoms with Gasteiger partial charge >= 0.3 is 0 Å². The summed E-state index contributed by atoms with van der Waals surface area (Å²) in [5, 5.41) is 7.33. The van der Waals surface area contributed by atoms with Crippen LogP contribution in [0.3, 0.4) is 0 Å². The van der Waals surface area contributed by atoms with Crippen molar-refractivity contribution in [1.29, 1.82) is 0 Å². The lowest BCUT2D eigenvalue weighted by Gasteiger charge is -2.13. The van der Waals surface area contributed by atoms with Gasteiger partial charge in [-0.3, -0.25) is 9.97 Å². The van der Waals surface area contributed by atoms with E-state index in [1.165, 1.54) is 11.5 Å². The minimum absolute atomic E-state index is 0.0312. The van der Waals surface area contributed by atoms with Gasteiger partial charge in [0.25, 0.3) is 0 Å². The zero-order chi connectivity index (χ0) is 11.4. The maximum atomic E-state index is 4.31. The number of aryl methyl sites for hydroxylation is 1. The molecule has 0 aromatic carbocycles. The van der Waals surface area contributed by atoms with Gasteiger partial charge in [0.15, 0.2) is 0 Å². The molecule has 2 aromatic heterocycles. The van der Waals surface area contributed by atoms with Crippen molar-refractivity contribution < 1.29 is 0 Å². The van der Waals surface area contributed by atoms with Crippen molar-refractivity contribution in [1.82, 2.24) is 24.9 Å². The molecule has 0 aliphatic carbocycles. The second-order valence-corrected chi connectivity index (χ2v) is 4.08. The topological polar surface area (TPSA) is 63.6 Å². The van der Waals surface area contributed by atoms with Gasteiger partial charge in [-0.1, -0.05) is 11.4 Å². The Kier molecular flexibility index (Phi) is 3.53. The van der Waals surface area contributed by atoms with E-state index in [1.54, 1.807) is 18.6 Å². The van der Waals surface area contributed by atoms with Gasteiger partial charge in [0, 0.05) is 12.4 Å². The zero-order valence-corrected chi connectivity index (χ0v) is 10.0. The molecule has 5 nitrogen and oxygen atoms in total. The molecule has 1 atom stereocenters. The van der Waals surface area contributed by atoms with Gasteiger partial charge in [-0.25, -0.2) is 0 Å². The number of hydrogen-bond acceptors (Lipinski definition) is 6. The fourth-order valence-corrected chi connectivity index (χ4v) is 2.41. The van der Waals surface area contributed by atoms with Crippen molar-refractivity contribution in [2.45, 2.75) is 19.4 Å². The van der Waals surface area contributed by atoms with Gasteiger partial charge in [0.05, 0.1) is 28.5 Å². The molecule has 2 rings (SSSR count). The highest BCUT2D eigenvalue weighted by atomic mass is 32.1. The van der Waals surface area contributed by atoms with Crippen LogP contribution in [-0.4, -0.2) is 26.6 Å². The molecule has 0 bridgehead atoms. The van der Waals surface area contributed by atoms with Crippen LogP contribution in [-0.2, 0) is 6.42 Å². The van der Waals surface area contributed by atoms with Gasteiger partial charge in [-0.05, 0) is 25.0 Å². The smallest absolute Gasteiger partial charge is 0.0893 e. The predicted octanol–water partition coefficient (Wildman–Crippen LogP) is 1.20. The molecule has 0 saturated heterocycles. The molecular weight excluding hydrogens is 222 g/mol. The van der Waals surface area contributed by atoms with Crippen LogP contribution in [0.25, 0.3) is 0 Å². The van der Waals surface area contributed by atoms with E-state index < -0.39 is 0 Å². The Morgan fingerprint density at radius 2 is 2.31 bits per heavy atom. The third-order valence-electron chi connectivity index (χ3n) is 2.35. The second-order valence-electron chi connectivity index (χ2n) is 3.29. The van der Waals surface area contributed by atoms with E-state index in [4.69, 9.17) is 0 Å². The summed E-state index contributed by atoms with van der Waals surface area (Å²) in [4.78, 5) is 9.50. The van der Waals surface area contributed by atoms with Crippen LogP contribution >= 0.6 is 11.5 Å². The zero-order valence-electron chi connectivity index (χ0n) is 9.21. The quantitative estimate of drug-likeness (QED) is 0.862. The molecule has 2 aromatic rings. The Balaban J connectivity index is 2.37. The molecule has 6 heteroatoms. The Labute approximate surface area is 98.1 Å². The monoisotopic (exact) mass is 235 g/mol. The molecule has 0 saturated carbocycles. The second kappa shape index (κ2) is 5.09. The third kappa shape index (κ3) is 2.07. The summed E-state index contributed by atoms with van der Waals surface area (Å²) in [5.41, 5.74) is 1.92. The summed E-state index contributed by atoms with van der Waals surface area (Å²) < 4.78 is 3.99. The standard InChI is InChI=1S/C10H13N5S/c1-3-7-10(16-15-14-7)9(11-2)8-6-12-4-5-13-8/h4-6,9,11H,3H2,1-2H3. The maximum absolute atomic E-state index is 4.31. The van der Waals surface area contributed by atoms with Gasteiger partial charge in [0.1, 0.15) is 0 Å². The Morgan fingerprint density at radius 1 is 1.44 bits per heavy atom. The summed E-state index contributed by atoms with van der Waals surface area (Å²) in [6, 6.07) is 0.0312. The first-order valence-corrected chi connectivity index (χ1v) is 5.88. The van der Waals surface area contributed by atoms with Crippen molar-refractivity contribution in [2.24, 2.45) is 0 Å². The minimum atomic E-state index is 0.0312. The molecular formula is C10H13N5S. The van der Waals surface area contributed by atoms with Crippen molar-refractivity contribution in [3.8, 4) is 0 Å². The first kappa shape index (κ1) is 11.1. The lowest BCUT2D eigenvalue weighted by atomic mass is 10.1. The molecule has 1 N–H and O–H groups in total. The molecule has 16 heavy (non-hydrogen) atoms. The van der Waals surface area contributed by atoms with E-state index in [0.29, 0.717) is 0 Å². The summed E-state index contributed by atoms with van der Waals surface area (Å²) in [7, 11) is 1.90. The summed E-state index contributed by atoms with van der Waals surface area (Å²) in [6.45, 7) is 2.07. The number of aromatic nitrogens is 4. The first-order chi connectivity index (χ1) is 7.86. The van der Waals surface area contributed by atoms with E-state index in [2.05, 4.69) is 31.8 Å². The number of nitrogens with zero attached hydrogens (tertiary/aromatic N) is 4. The number of hydrogen-bond donors (Lipinski definition) is 1. The van der Waals surface area contributed by atoms with E-state index in [-0.39, 0.29) is 6.04 Å². The van der Waals surface area contributed by atoms with Crippen LogP contribution in [0.4, 0.5) is 0 Å². The highest BCUT2D eigenvalue weighted by Gasteiger charge is 2.19. The van der Waals surface area contributed by atoms with Gasteiger partial charge in [-0.15, -0.1) is 5.10 Å². The highest BCUT2D eigenvalue weighted by Crippen LogP contribution is 2.25. The fourth-order valence-electron chi connectivity index (χ4n) is 1.55. The van der Waals surface area contributed by atoms with Gasteiger partial charge in [0.2, 0.25) is 0 Å². The third-order valence-corrected chi connectivity index (χ3v) is 3.18. The van der Waals surface area contributed by atoms with Crippen LogP contribution in [0.5, 0.6) is 0 Å². The molecule has 0 fully saturated rings. The minimum Gasteiger partial charge on any atom is -0.307 e. The molecule has 84 valence electrons. The molecule has 0 amide bonds. The normalized spacial score (nSPS) is 12.6. The first-order valence-electron chi connectivity index (χ1n) is 5.11. The van der Waals surface area contributed by atoms with E-state index >= 15 is 0 Å². The van der Waals surface area contributed by atoms with Crippen LogP contribution in [0.1, 0.15) is 29.2 Å². The van der Waals surface area contributed by atoms with Crippen molar-refractivity contribution >= 4 is 11.5 Å². The summed E-state index contributed by atoms with van der Waals surface area (Å²) >= 11 is 1.41. The summed E-state index contributed by atoms with van der Waals surface area (Å²) in [6.07, 6.45) is 6.01. The average Bonchev–Trinajstić information content (AvgIpc) is 2.80. The number of nitrogens with one attached hydrogen (secondary N) is 1. The Bertz CT molecular complexity index is 441. The fraction of sp³-hybridized carbons (Fsp3) is 0.400. The average molecular weight is 235 g/mol. The lowest BCUT2D eigenvalue weighted by Crippen LogP contribution is -2.19. The van der Waals surface area contributed by atoms with Crippen LogP contribution in [0, 0.1) is 0 Å². The molecule has 0 aliphatic rings. The van der Waals surface area contributed by atoms with E-state index in [9.17, 15) is 0 Å². The predicted molar refractivity (Wildman–Crippen MR) is 62.2 cm³/mol. The summed E-state index contributed by atoms with van der Waals surface area (Å²) in [5.74, 6) is 0. The van der Waals surface area contributed by atoms with Crippen molar-refractivity contribution in [3.05, 3.63) is 34.9 Å².